The van der Waals surface area contributed by atoms with Crippen LogP contribution in [0.1, 0.15) is 30.9 Å². The molecule has 30 heavy (non-hydrogen) atoms. The van der Waals surface area contributed by atoms with Gasteiger partial charge < -0.3 is 14.3 Å². The second kappa shape index (κ2) is 9.01. The summed E-state index contributed by atoms with van der Waals surface area (Å²) in [5.74, 6) is -0.781. The molecule has 1 amide bonds. The fourth-order valence-electron chi connectivity index (χ4n) is 3.97. The Balaban J connectivity index is 2.19. The number of benzene rings is 1. The summed E-state index contributed by atoms with van der Waals surface area (Å²) >= 11 is 3.17. The summed E-state index contributed by atoms with van der Waals surface area (Å²) in [5, 5.41) is 2.99. The topological polar surface area (TPSA) is 77.5 Å². The Labute approximate surface area is 182 Å². The van der Waals surface area contributed by atoms with Crippen LogP contribution in [-0.2, 0) is 23.9 Å². The summed E-state index contributed by atoms with van der Waals surface area (Å²) < 4.78 is 24.8. The summed E-state index contributed by atoms with van der Waals surface area (Å²) in [6.45, 7) is 4.43. The van der Waals surface area contributed by atoms with Crippen molar-refractivity contribution in [2.75, 3.05) is 33.9 Å². The van der Waals surface area contributed by atoms with Crippen LogP contribution in [-0.4, -0.2) is 61.6 Å². The number of piperidine rings is 1. The zero-order valence-electron chi connectivity index (χ0n) is 17.3. The van der Waals surface area contributed by atoms with E-state index in [0.717, 1.165) is 0 Å². The fourth-order valence-corrected chi connectivity index (χ4v) is 4.32. The molecule has 0 unspecified atom stereocenters. The van der Waals surface area contributed by atoms with Gasteiger partial charge in [-0.2, -0.15) is 5.06 Å². The lowest BCUT2D eigenvalue weighted by molar-refractivity contribution is -0.221. The first kappa shape index (κ1) is 22.7. The lowest BCUT2D eigenvalue weighted by Crippen LogP contribution is -2.55. The molecule has 0 atom stereocenters. The number of aryl methyl sites for hydroxylation is 1. The Hall–Kier alpha value is -2.01. The molecule has 0 N–H and O–H groups in total. The quantitative estimate of drug-likeness (QED) is 0.588. The molecule has 1 spiro atoms. The molecular formula is C20H24BrFN2O6. The van der Waals surface area contributed by atoms with Crippen molar-refractivity contribution in [2.45, 2.75) is 32.2 Å². The molecule has 8 nitrogen and oxygen atoms in total. The first-order chi connectivity index (χ1) is 14.3. The van der Waals surface area contributed by atoms with E-state index < -0.39 is 23.4 Å². The normalized spacial score (nSPS) is 19.0. The van der Waals surface area contributed by atoms with Crippen LogP contribution in [0.4, 0.5) is 9.18 Å². The van der Waals surface area contributed by atoms with Crippen molar-refractivity contribution >= 4 is 33.6 Å². The number of halogens is 2. The minimum absolute atomic E-state index is 0.120. The third-order valence-corrected chi connectivity index (χ3v) is 6.02. The van der Waals surface area contributed by atoms with Crippen molar-refractivity contribution in [3.8, 4) is 0 Å². The number of hydroxylamine groups is 4. The maximum Gasteiger partial charge on any atom is 0.513 e. The molecule has 1 fully saturated rings. The molecular weight excluding hydrogens is 463 g/mol. The van der Waals surface area contributed by atoms with Gasteiger partial charge in [0.2, 0.25) is 0 Å². The van der Waals surface area contributed by atoms with E-state index in [4.69, 9.17) is 19.1 Å². The molecule has 164 valence electrons. The van der Waals surface area contributed by atoms with Crippen LogP contribution in [0.25, 0.3) is 5.57 Å². The van der Waals surface area contributed by atoms with Gasteiger partial charge in [0.1, 0.15) is 11.4 Å². The van der Waals surface area contributed by atoms with E-state index in [1.54, 1.807) is 26.0 Å². The number of nitrogens with zero attached hydrogens (tertiary/aromatic N) is 2. The predicted molar refractivity (Wildman–Crippen MR) is 108 cm³/mol. The van der Waals surface area contributed by atoms with E-state index in [9.17, 15) is 14.0 Å². The Morgan fingerprint density at radius 3 is 2.47 bits per heavy atom. The third-order valence-electron chi connectivity index (χ3n) is 5.41. The second-order valence-electron chi connectivity index (χ2n) is 7.00. The van der Waals surface area contributed by atoms with Crippen molar-refractivity contribution in [3.05, 3.63) is 39.3 Å². The average molecular weight is 487 g/mol. The summed E-state index contributed by atoms with van der Waals surface area (Å²) in [7, 11) is 2.96. The summed E-state index contributed by atoms with van der Waals surface area (Å²) in [6.07, 6.45) is -0.108. The van der Waals surface area contributed by atoms with Crippen molar-refractivity contribution in [1.29, 1.82) is 0 Å². The van der Waals surface area contributed by atoms with Crippen LogP contribution in [0.3, 0.4) is 0 Å². The largest absolute Gasteiger partial charge is 0.513 e. The number of carbonyl (C=O) groups is 2. The number of carbonyl (C=O) groups excluding carboxylic acids is 2. The van der Waals surface area contributed by atoms with Crippen molar-refractivity contribution in [1.82, 2.24) is 10.1 Å². The van der Waals surface area contributed by atoms with Crippen LogP contribution < -0.4 is 0 Å². The summed E-state index contributed by atoms with van der Waals surface area (Å²) in [5.41, 5.74) is 0.0945. The van der Waals surface area contributed by atoms with Crippen LogP contribution in [0, 0.1) is 12.7 Å². The molecule has 2 aliphatic rings. The van der Waals surface area contributed by atoms with E-state index in [2.05, 4.69) is 15.9 Å². The molecule has 2 heterocycles. The maximum absolute atomic E-state index is 14.0. The van der Waals surface area contributed by atoms with E-state index in [0.29, 0.717) is 37.1 Å². The highest BCUT2D eigenvalue weighted by Crippen LogP contribution is 2.48. The van der Waals surface area contributed by atoms with Gasteiger partial charge in [-0.1, -0.05) is 0 Å². The number of amides is 1. The predicted octanol–water partition coefficient (Wildman–Crippen LogP) is 3.58. The van der Waals surface area contributed by atoms with Gasteiger partial charge in [0.15, 0.2) is 5.76 Å². The van der Waals surface area contributed by atoms with Crippen molar-refractivity contribution in [2.24, 2.45) is 0 Å². The zero-order valence-corrected chi connectivity index (χ0v) is 18.9. The fraction of sp³-hybridized carbons (Fsp3) is 0.500. The number of ether oxygens (including phenoxy) is 2. The number of hydrogen-bond donors (Lipinski definition) is 0. The van der Waals surface area contributed by atoms with E-state index in [-0.39, 0.29) is 22.4 Å². The van der Waals surface area contributed by atoms with Gasteiger partial charge in [-0.15, -0.1) is 0 Å². The van der Waals surface area contributed by atoms with E-state index in [1.807, 2.05) is 0 Å². The summed E-state index contributed by atoms with van der Waals surface area (Å²) in [6, 6.07) is 2.82. The van der Waals surface area contributed by atoms with Gasteiger partial charge in [0.25, 0.3) is 5.91 Å². The van der Waals surface area contributed by atoms with Crippen molar-refractivity contribution in [3.63, 3.8) is 0 Å². The molecule has 0 aromatic heterocycles. The van der Waals surface area contributed by atoms with Gasteiger partial charge in [0, 0.05) is 13.1 Å². The SMILES string of the molecule is CCOC(=O)OC1=C(c2cc(Br)c(F)cc2C)C(=O)N(OC)C12CCN(OC)CC2. The lowest BCUT2D eigenvalue weighted by Gasteiger charge is -2.42. The highest BCUT2D eigenvalue weighted by Gasteiger charge is 2.56. The van der Waals surface area contributed by atoms with Gasteiger partial charge in [-0.05, 0) is 65.9 Å². The molecule has 0 bridgehead atoms. The highest BCUT2D eigenvalue weighted by atomic mass is 79.9. The molecule has 10 heteroatoms. The number of hydrogen-bond acceptors (Lipinski definition) is 7. The highest BCUT2D eigenvalue weighted by molar-refractivity contribution is 9.10. The lowest BCUT2D eigenvalue weighted by atomic mass is 9.85. The summed E-state index contributed by atoms with van der Waals surface area (Å²) in [4.78, 5) is 36.5. The Kier molecular flexibility index (Phi) is 6.81. The van der Waals surface area contributed by atoms with Gasteiger partial charge in [-0.25, -0.2) is 14.2 Å². The van der Waals surface area contributed by atoms with Gasteiger partial charge in [-0.3, -0.25) is 9.63 Å². The van der Waals surface area contributed by atoms with Crippen molar-refractivity contribution < 1.29 is 33.1 Å². The second-order valence-corrected chi connectivity index (χ2v) is 7.85. The Bertz CT molecular complexity index is 882. The molecule has 3 rings (SSSR count). The standard InChI is InChI=1S/C20H24BrFN2O6/c1-5-29-19(26)30-17-16(13-11-14(21)15(22)10-12(13)2)18(25)24(28-4)20(17)6-8-23(27-3)9-7-20/h10-11H,5-9H2,1-4H3. The van der Waals surface area contributed by atoms with Crippen LogP contribution in [0.15, 0.2) is 22.4 Å². The molecule has 1 saturated heterocycles. The maximum atomic E-state index is 14.0. The Morgan fingerprint density at radius 1 is 1.23 bits per heavy atom. The average Bonchev–Trinajstić information content (AvgIpc) is 2.92. The van der Waals surface area contributed by atoms with Crippen LogP contribution >= 0.6 is 15.9 Å². The molecule has 0 radical (unpaired) electrons. The van der Waals surface area contributed by atoms with E-state index >= 15 is 0 Å². The third kappa shape index (κ3) is 3.84. The first-order valence-electron chi connectivity index (χ1n) is 9.52. The Morgan fingerprint density at radius 2 is 1.90 bits per heavy atom. The minimum Gasteiger partial charge on any atom is -0.434 e. The zero-order chi connectivity index (χ0) is 22.1. The van der Waals surface area contributed by atoms with Crippen LogP contribution in [0.5, 0.6) is 0 Å². The van der Waals surface area contributed by atoms with Gasteiger partial charge >= 0.3 is 6.16 Å². The molecule has 0 saturated carbocycles. The van der Waals surface area contributed by atoms with Crippen LogP contribution in [0.2, 0.25) is 0 Å². The molecule has 1 aromatic carbocycles. The van der Waals surface area contributed by atoms with Gasteiger partial charge in [0.05, 0.1) is 30.9 Å². The molecule has 0 aliphatic carbocycles. The monoisotopic (exact) mass is 486 g/mol. The molecule has 2 aliphatic heterocycles. The first-order valence-corrected chi connectivity index (χ1v) is 10.3. The number of rotatable bonds is 5. The smallest absolute Gasteiger partial charge is 0.434 e. The minimum atomic E-state index is -1.02. The van der Waals surface area contributed by atoms with E-state index in [1.165, 1.54) is 24.3 Å². The molecule has 1 aromatic rings.